The van der Waals surface area contributed by atoms with Crippen molar-refractivity contribution in [3.63, 3.8) is 0 Å². The molecular formula is C17H22N4O4S. The van der Waals surface area contributed by atoms with Crippen molar-refractivity contribution in [3.05, 3.63) is 58.4 Å². The molecule has 0 spiro atoms. The van der Waals surface area contributed by atoms with Crippen molar-refractivity contribution in [1.29, 1.82) is 0 Å². The number of sulfonamides is 1. The summed E-state index contributed by atoms with van der Waals surface area (Å²) in [5, 5.41) is 10.7. The minimum Gasteiger partial charge on any atom is -0.353 e. The maximum absolute atomic E-state index is 12.6. The molecule has 2 heterocycles. The van der Waals surface area contributed by atoms with Gasteiger partial charge in [-0.05, 0) is 50.2 Å². The van der Waals surface area contributed by atoms with E-state index in [0.29, 0.717) is 0 Å². The Morgan fingerprint density at radius 3 is 2.38 bits per heavy atom. The Morgan fingerprint density at radius 1 is 1.19 bits per heavy atom. The van der Waals surface area contributed by atoms with Gasteiger partial charge in [0.25, 0.3) is 5.69 Å². The minimum absolute atomic E-state index is 0.0233. The molecule has 0 radical (unpaired) electrons. The molecule has 1 aliphatic rings. The van der Waals surface area contributed by atoms with Crippen LogP contribution in [0.3, 0.4) is 0 Å². The largest absolute Gasteiger partial charge is 0.353 e. The van der Waals surface area contributed by atoms with Crippen LogP contribution < -0.4 is 4.72 Å². The first-order valence-electron chi connectivity index (χ1n) is 8.48. The van der Waals surface area contributed by atoms with Crippen LogP contribution in [0.25, 0.3) is 0 Å². The zero-order chi connectivity index (χ0) is 18.7. The summed E-state index contributed by atoms with van der Waals surface area (Å²) in [6.07, 6.45) is 4.16. The highest BCUT2D eigenvalue weighted by molar-refractivity contribution is 7.89. The van der Waals surface area contributed by atoms with Gasteiger partial charge < -0.3 is 4.57 Å². The van der Waals surface area contributed by atoms with Crippen molar-refractivity contribution in [1.82, 2.24) is 14.2 Å². The van der Waals surface area contributed by atoms with Crippen LogP contribution in [0.4, 0.5) is 5.69 Å². The van der Waals surface area contributed by atoms with E-state index in [9.17, 15) is 18.5 Å². The van der Waals surface area contributed by atoms with Crippen LogP contribution in [0, 0.1) is 10.1 Å². The molecule has 1 unspecified atom stereocenters. The Labute approximate surface area is 152 Å². The third kappa shape index (κ3) is 3.95. The van der Waals surface area contributed by atoms with Gasteiger partial charge in [0.1, 0.15) is 0 Å². The minimum atomic E-state index is -3.74. The highest BCUT2D eigenvalue weighted by atomic mass is 32.2. The molecule has 1 N–H and O–H groups in total. The topological polar surface area (TPSA) is 97.5 Å². The maximum atomic E-state index is 12.6. The zero-order valence-corrected chi connectivity index (χ0v) is 15.4. The smallest absolute Gasteiger partial charge is 0.269 e. The Balaban J connectivity index is 1.77. The number of nitrogens with one attached hydrogen (secondary N) is 1. The lowest BCUT2D eigenvalue weighted by molar-refractivity contribution is -0.384. The van der Waals surface area contributed by atoms with E-state index in [0.717, 1.165) is 31.6 Å². The lowest BCUT2D eigenvalue weighted by Crippen LogP contribution is -2.37. The van der Waals surface area contributed by atoms with Crippen molar-refractivity contribution < 1.29 is 13.3 Å². The van der Waals surface area contributed by atoms with Gasteiger partial charge in [0.15, 0.2) is 0 Å². The number of rotatable bonds is 7. The molecule has 0 amide bonds. The normalized spacial score (nSPS) is 16.7. The van der Waals surface area contributed by atoms with Crippen LogP contribution in [0.2, 0.25) is 0 Å². The molecule has 8 nitrogen and oxygen atoms in total. The van der Waals surface area contributed by atoms with E-state index >= 15 is 0 Å². The predicted molar refractivity (Wildman–Crippen MR) is 97.2 cm³/mol. The van der Waals surface area contributed by atoms with Crippen molar-refractivity contribution in [3.8, 4) is 0 Å². The van der Waals surface area contributed by atoms with E-state index in [1.807, 2.05) is 29.9 Å². The Kier molecular flexibility index (Phi) is 5.40. The molecule has 9 heteroatoms. The fraction of sp³-hybridized carbons (Fsp3) is 0.412. The van der Waals surface area contributed by atoms with E-state index in [2.05, 4.69) is 9.62 Å². The molecule has 0 aliphatic carbocycles. The highest BCUT2D eigenvalue weighted by Gasteiger charge is 2.27. The van der Waals surface area contributed by atoms with Gasteiger partial charge >= 0.3 is 0 Å². The predicted octanol–water partition coefficient (Wildman–Crippen LogP) is 2.05. The van der Waals surface area contributed by atoms with Crippen molar-refractivity contribution in [2.75, 3.05) is 19.6 Å². The van der Waals surface area contributed by atoms with Gasteiger partial charge in [-0.2, -0.15) is 0 Å². The SMILES string of the molecule is Cn1cccc1C(CNS(=O)(=O)c1ccc([N+](=O)[O-])cc1)N1CCCC1. The summed E-state index contributed by atoms with van der Waals surface area (Å²) < 4.78 is 29.8. The van der Waals surface area contributed by atoms with Gasteiger partial charge in [-0.15, -0.1) is 0 Å². The van der Waals surface area contributed by atoms with Crippen LogP contribution in [0.5, 0.6) is 0 Å². The quantitative estimate of drug-likeness (QED) is 0.587. The Hall–Kier alpha value is -2.23. The number of nitro benzene ring substituents is 1. The lowest BCUT2D eigenvalue weighted by Gasteiger charge is -2.28. The summed E-state index contributed by atoms with van der Waals surface area (Å²) in [4.78, 5) is 12.5. The first kappa shape index (κ1) is 18.6. The van der Waals surface area contributed by atoms with Crippen molar-refractivity contribution in [2.24, 2.45) is 7.05 Å². The molecule has 0 bridgehead atoms. The molecule has 1 aromatic carbocycles. The van der Waals surface area contributed by atoms with Gasteiger partial charge in [-0.1, -0.05) is 0 Å². The molecule has 140 valence electrons. The van der Waals surface area contributed by atoms with E-state index in [1.54, 1.807) is 0 Å². The van der Waals surface area contributed by atoms with Crippen molar-refractivity contribution >= 4 is 15.7 Å². The van der Waals surface area contributed by atoms with E-state index in [-0.39, 0.29) is 23.2 Å². The van der Waals surface area contributed by atoms with Gasteiger partial charge in [-0.25, -0.2) is 13.1 Å². The molecule has 1 fully saturated rings. The number of nitrogens with zero attached hydrogens (tertiary/aromatic N) is 3. The molecule has 1 saturated heterocycles. The summed E-state index contributed by atoms with van der Waals surface area (Å²) >= 11 is 0. The number of likely N-dealkylation sites (tertiary alicyclic amines) is 1. The van der Waals surface area contributed by atoms with Gasteiger partial charge in [0.2, 0.25) is 10.0 Å². The van der Waals surface area contributed by atoms with Gasteiger partial charge in [0, 0.05) is 37.6 Å². The van der Waals surface area contributed by atoms with Crippen molar-refractivity contribution in [2.45, 2.75) is 23.8 Å². The zero-order valence-electron chi connectivity index (χ0n) is 14.5. The molecule has 1 atom stereocenters. The van der Waals surface area contributed by atoms with Crippen LogP contribution in [0.1, 0.15) is 24.6 Å². The molecule has 0 saturated carbocycles. The molecule has 1 aromatic heterocycles. The van der Waals surface area contributed by atoms with E-state index < -0.39 is 14.9 Å². The molecule has 3 rings (SSSR count). The third-order valence-corrected chi connectivity index (χ3v) is 6.17. The first-order valence-corrected chi connectivity index (χ1v) is 9.96. The number of nitro groups is 1. The Morgan fingerprint density at radius 2 is 1.85 bits per heavy atom. The second kappa shape index (κ2) is 7.56. The monoisotopic (exact) mass is 378 g/mol. The summed E-state index contributed by atoms with van der Waals surface area (Å²) in [5.41, 5.74) is 0.918. The lowest BCUT2D eigenvalue weighted by atomic mass is 10.2. The maximum Gasteiger partial charge on any atom is 0.269 e. The second-order valence-electron chi connectivity index (χ2n) is 6.41. The number of benzene rings is 1. The number of hydrogen-bond acceptors (Lipinski definition) is 5. The van der Waals surface area contributed by atoms with E-state index in [1.165, 1.54) is 24.3 Å². The average molecular weight is 378 g/mol. The standard InChI is InChI=1S/C17H22N4O4S/c1-19-10-4-5-16(19)17(20-11-2-3-12-20)13-18-26(24,25)15-8-6-14(7-9-15)21(22)23/h4-10,17-18H,2-3,11-13H2,1H3. The fourth-order valence-electron chi connectivity index (χ4n) is 3.31. The van der Waals surface area contributed by atoms with Gasteiger partial charge in [0.05, 0.1) is 15.9 Å². The molecule has 2 aromatic rings. The number of hydrogen-bond donors (Lipinski definition) is 1. The van der Waals surface area contributed by atoms with Crippen LogP contribution in [-0.4, -0.2) is 42.4 Å². The summed E-state index contributed by atoms with van der Waals surface area (Å²) in [5.74, 6) is 0. The second-order valence-corrected chi connectivity index (χ2v) is 8.17. The number of aryl methyl sites for hydroxylation is 1. The van der Waals surface area contributed by atoms with Gasteiger partial charge in [-0.3, -0.25) is 15.0 Å². The number of aromatic nitrogens is 1. The summed E-state index contributed by atoms with van der Waals surface area (Å²) in [7, 11) is -1.79. The highest BCUT2D eigenvalue weighted by Crippen LogP contribution is 2.25. The van der Waals surface area contributed by atoms with Crippen LogP contribution in [-0.2, 0) is 17.1 Å². The van der Waals surface area contributed by atoms with E-state index in [4.69, 9.17) is 0 Å². The Bertz CT molecular complexity index is 870. The summed E-state index contributed by atoms with van der Waals surface area (Å²) in [6.45, 7) is 2.13. The molecular weight excluding hydrogens is 356 g/mol. The fourth-order valence-corrected chi connectivity index (χ4v) is 4.35. The van der Waals surface area contributed by atoms with Crippen LogP contribution >= 0.6 is 0 Å². The third-order valence-electron chi connectivity index (χ3n) is 4.73. The molecule has 26 heavy (non-hydrogen) atoms. The van der Waals surface area contributed by atoms with Crippen LogP contribution in [0.15, 0.2) is 47.5 Å². The average Bonchev–Trinajstić information content (AvgIpc) is 3.28. The number of non-ortho nitro benzene ring substituents is 1. The summed E-state index contributed by atoms with van der Waals surface area (Å²) in [6, 6.07) is 8.81. The first-order chi connectivity index (χ1) is 12.4. The molecule has 1 aliphatic heterocycles.